The number of nitrogens with one attached hydrogen (secondary N) is 2. The normalized spacial score (nSPS) is 17.0. The molecule has 2 N–H and O–H groups in total. The van der Waals surface area contributed by atoms with Gasteiger partial charge in [0.05, 0.1) is 17.2 Å². The molecule has 0 bridgehead atoms. The summed E-state index contributed by atoms with van der Waals surface area (Å²) in [4.78, 5) is 22.0. The van der Waals surface area contributed by atoms with Crippen LogP contribution >= 0.6 is 11.3 Å². The summed E-state index contributed by atoms with van der Waals surface area (Å²) in [5.74, 6) is 0.491. The maximum Gasteiger partial charge on any atom is 0.261 e. The topological polar surface area (TPSA) is 91.4 Å². The van der Waals surface area contributed by atoms with Gasteiger partial charge in [-0.1, -0.05) is 32.9 Å². The minimum absolute atomic E-state index is 0.140. The lowest BCUT2D eigenvalue weighted by Gasteiger charge is -2.34. The summed E-state index contributed by atoms with van der Waals surface area (Å²) in [5, 5.41) is 4.21. The van der Waals surface area contributed by atoms with Gasteiger partial charge in [-0.25, -0.2) is 13.4 Å². The Labute approximate surface area is 224 Å². The Balaban J connectivity index is 1.57. The fourth-order valence-electron chi connectivity index (χ4n) is 4.95. The third-order valence-electron chi connectivity index (χ3n) is 7.08. The summed E-state index contributed by atoms with van der Waals surface area (Å²) < 4.78 is 26.0. The second-order valence-electron chi connectivity index (χ2n) is 11.5. The zero-order valence-corrected chi connectivity index (χ0v) is 24.2. The number of carbonyl (C=O) groups excluding carboxylic acids is 1. The molecule has 0 unspecified atom stereocenters. The Morgan fingerprint density at radius 3 is 2.65 bits per heavy atom. The third kappa shape index (κ3) is 7.09. The van der Waals surface area contributed by atoms with Crippen molar-refractivity contribution >= 4 is 43.2 Å². The molecule has 1 aliphatic carbocycles. The Kier molecular flexibility index (Phi) is 7.97. The fraction of sp³-hybridized carbons (Fsp3) is 0.500. The summed E-state index contributed by atoms with van der Waals surface area (Å²) in [6.45, 7) is 7.69. The van der Waals surface area contributed by atoms with Crippen LogP contribution in [0, 0.1) is 11.3 Å². The Morgan fingerprint density at radius 2 is 1.97 bits per heavy atom. The molecule has 200 valence electrons. The van der Waals surface area contributed by atoms with Crippen molar-refractivity contribution in [2.75, 3.05) is 31.6 Å². The van der Waals surface area contributed by atoms with Gasteiger partial charge in [-0.3, -0.25) is 9.52 Å². The van der Waals surface area contributed by atoms with Gasteiger partial charge in [-0.15, -0.1) is 11.3 Å². The number of benzene rings is 1. The Morgan fingerprint density at radius 1 is 1.22 bits per heavy atom. The minimum Gasteiger partial charge on any atom is -0.344 e. The van der Waals surface area contributed by atoms with Crippen molar-refractivity contribution in [1.82, 2.24) is 15.2 Å². The lowest BCUT2D eigenvalue weighted by atomic mass is 9.71. The van der Waals surface area contributed by atoms with Crippen molar-refractivity contribution in [3.8, 4) is 0 Å². The molecule has 1 aromatic carbocycles. The van der Waals surface area contributed by atoms with Gasteiger partial charge in [0.25, 0.3) is 5.91 Å². The van der Waals surface area contributed by atoms with Crippen LogP contribution in [-0.4, -0.2) is 51.1 Å². The molecule has 2 atom stereocenters. The van der Waals surface area contributed by atoms with Crippen LogP contribution in [0.25, 0.3) is 10.2 Å². The van der Waals surface area contributed by atoms with Gasteiger partial charge in [0.2, 0.25) is 10.0 Å². The minimum atomic E-state index is -3.40. The van der Waals surface area contributed by atoms with Crippen molar-refractivity contribution in [2.24, 2.45) is 11.3 Å². The molecule has 0 saturated heterocycles. The van der Waals surface area contributed by atoms with E-state index in [0.29, 0.717) is 22.9 Å². The van der Waals surface area contributed by atoms with Crippen LogP contribution in [0.1, 0.15) is 66.1 Å². The number of amides is 1. The molecule has 0 fully saturated rings. The molecular formula is C28H38N4O3S2. The number of aryl methyl sites for hydroxylation is 1. The quantitative estimate of drug-likeness (QED) is 0.406. The van der Waals surface area contributed by atoms with Crippen molar-refractivity contribution in [3.63, 3.8) is 0 Å². The van der Waals surface area contributed by atoms with E-state index in [-0.39, 0.29) is 17.4 Å². The lowest BCUT2D eigenvalue weighted by Crippen LogP contribution is -2.30. The van der Waals surface area contributed by atoms with Crippen LogP contribution in [0.2, 0.25) is 0 Å². The zero-order chi connectivity index (χ0) is 27.0. The molecule has 0 radical (unpaired) electrons. The van der Waals surface area contributed by atoms with Gasteiger partial charge in [0, 0.05) is 16.8 Å². The summed E-state index contributed by atoms with van der Waals surface area (Å²) in [6, 6.07) is 11.1. The van der Waals surface area contributed by atoms with Gasteiger partial charge >= 0.3 is 0 Å². The van der Waals surface area contributed by atoms with Crippen molar-refractivity contribution in [1.29, 1.82) is 0 Å². The summed E-state index contributed by atoms with van der Waals surface area (Å²) in [5.41, 5.74) is 4.08. The molecule has 2 aromatic heterocycles. The molecule has 2 heterocycles. The predicted molar refractivity (Wildman–Crippen MR) is 153 cm³/mol. The SMILES string of the molecule is CN(C)CC[C@@H](NC(=O)c1cc2cc3c(nc2s1)CC[C@H](C(C)(C)C)C3)c1cccc(NS(C)(=O)=O)c1. The number of thiophene rings is 1. The number of fused-ring (bicyclic) bond motifs is 2. The van der Waals surface area contributed by atoms with Crippen LogP contribution in [-0.2, 0) is 22.9 Å². The number of anilines is 1. The van der Waals surface area contributed by atoms with Gasteiger partial charge < -0.3 is 10.2 Å². The number of nitrogens with zero attached hydrogens (tertiary/aromatic N) is 2. The number of hydrogen-bond donors (Lipinski definition) is 2. The average molecular weight is 543 g/mol. The first-order valence-electron chi connectivity index (χ1n) is 12.7. The molecule has 4 rings (SSSR count). The first-order valence-corrected chi connectivity index (χ1v) is 15.4. The highest BCUT2D eigenvalue weighted by Gasteiger charge is 2.30. The van der Waals surface area contributed by atoms with Crippen molar-refractivity contribution in [2.45, 2.75) is 52.5 Å². The van der Waals surface area contributed by atoms with E-state index >= 15 is 0 Å². The van der Waals surface area contributed by atoms with Gasteiger partial charge in [0.15, 0.2) is 0 Å². The lowest BCUT2D eigenvalue weighted by molar-refractivity contribution is 0.0937. The Bertz CT molecular complexity index is 1390. The summed E-state index contributed by atoms with van der Waals surface area (Å²) in [7, 11) is 0.584. The van der Waals surface area contributed by atoms with E-state index in [1.807, 2.05) is 26.2 Å². The smallest absolute Gasteiger partial charge is 0.261 e. The molecule has 37 heavy (non-hydrogen) atoms. The van der Waals surface area contributed by atoms with E-state index in [0.717, 1.165) is 47.8 Å². The molecule has 0 spiro atoms. The first kappa shape index (κ1) is 27.5. The fourth-order valence-corrected chi connectivity index (χ4v) is 6.44. The monoisotopic (exact) mass is 542 g/mol. The van der Waals surface area contributed by atoms with Crippen LogP contribution in [0.4, 0.5) is 5.69 Å². The molecule has 1 amide bonds. The van der Waals surface area contributed by atoms with E-state index in [9.17, 15) is 13.2 Å². The molecular weight excluding hydrogens is 504 g/mol. The Hall–Kier alpha value is -2.49. The molecule has 7 nitrogen and oxygen atoms in total. The van der Waals surface area contributed by atoms with Crippen LogP contribution in [0.3, 0.4) is 0 Å². The number of sulfonamides is 1. The maximum absolute atomic E-state index is 13.4. The average Bonchev–Trinajstić information content (AvgIpc) is 3.21. The largest absolute Gasteiger partial charge is 0.344 e. The van der Waals surface area contributed by atoms with Gasteiger partial charge in [-0.05, 0) is 93.0 Å². The molecule has 3 aromatic rings. The van der Waals surface area contributed by atoms with Crippen LogP contribution in [0.5, 0.6) is 0 Å². The summed E-state index contributed by atoms with van der Waals surface area (Å²) >= 11 is 1.43. The van der Waals surface area contributed by atoms with E-state index in [2.05, 4.69) is 41.8 Å². The van der Waals surface area contributed by atoms with E-state index in [1.54, 1.807) is 18.2 Å². The second-order valence-corrected chi connectivity index (χ2v) is 14.3. The number of pyridine rings is 1. The standard InChI is InChI=1S/C28H38N4O3S2/c1-28(2,3)21-10-11-23-19(15-21)14-20-17-25(36-27(20)30-23)26(33)29-24(12-13-32(4)5)18-8-7-9-22(16-18)31-37(6,34)35/h7-9,14,16-17,21,24,31H,10-13,15H2,1-6H3,(H,29,33)/t21-,24+/m0/s1. The third-order valence-corrected chi connectivity index (χ3v) is 8.73. The molecule has 0 aliphatic heterocycles. The van der Waals surface area contributed by atoms with E-state index in [4.69, 9.17) is 4.98 Å². The maximum atomic E-state index is 13.4. The van der Waals surface area contributed by atoms with Crippen molar-refractivity contribution < 1.29 is 13.2 Å². The highest BCUT2D eigenvalue weighted by molar-refractivity contribution is 7.92. The number of carbonyl (C=O) groups is 1. The summed E-state index contributed by atoms with van der Waals surface area (Å²) in [6.07, 6.45) is 4.98. The second kappa shape index (κ2) is 10.7. The number of rotatable bonds is 8. The highest BCUT2D eigenvalue weighted by Crippen LogP contribution is 2.38. The van der Waals surface area contributed by atoms with Gasteiger partial charge in [-0.2, -0.15) is 0 Å². The highest BCUT2D eigenvalue weighted by atomic mass is 32.2. The molecule has 9 heteroatoms. The van der Waals surface area contributed by atoms with Crippen molar-refractivity contribution in [3.05, 3.63) is 58.1 Å². The van der Waals surface area contributed by atoms with Crippen LogP contribution in [0.15, 0.2) is 36.4 Å². The first-order chi connectivity index (χ1) is 17.3. The van der Waals surface area contributed by atoms with E-state index in [1.165, 1.54) is 22.6 Å². The van der Waals surface area contributed by atoms with Gasteiger partial charge in [0.1, 0.15) is 4.83 Å². The zero-order valence-electron chi connectivity index (χ0n) is 22.6. The molecule has 1 aliphatic rings. The predicted octanol–water partition coefficient (Wildman–Crippen LogP) is 5.24. The van der Waals surface area contributed by atoms with E-state index < -0.39 is 10.0 Å². The van der Waals surface area contributed by atoms with Crippen LogP contribution < -0.4 is 10.0 Å². The molecule has 0 saturated carbocycles. The number of hydrogen-bond acceptors (Lipinski definition) is 6. The number of aromatic nitrogens is 1.